The zero-order valence-corrected chi connectivity index (χ0v) is 6.50. The number of hydrogen-bond donors (Lipinski definition) is 0. The van der Waals surface area contributed by atoms with Gasteiger partial charge in [0, 0.05) is 4.86 Å². The summed E-state index contributed by atoms with van der Waals surface area (Å²) in [4.78, 5) is 0.902. The van der Waals surface area contributed by atoms with Crippen molar-refractivity contribution in [2.75, 3.05) is 0 Å². The Balaban J connectivity index is 3.19. The summed E-state index contributed by atoms with van der Waals surface area (Å²) in [5.74, 6) is 0. The highest BCUT2D eigenvalue weighted by Crippen LogP contribution is 1.99. The SMILES string of the molecule is CCCCC(=S)CC#N. The highest BCUT2D eigenvalue weighted by Gasteiger charge is 1.92. The molecule has 0 aliphatic heterocycles. The highest BCUT2D eigenvalue weighted by molar-refractivity contribution is 7.80. The van der Waals surface area contributed by atoms with Crippen molar-refractivity contribution in [1.29, 1.82) is 5.26 Å². The molecule has 0 atom stereocenters. The Morgan fingerprint density at radius 3 is 2.78 bits per heavy atom. The van der Waals surface area contributed by atoms with Crippen LogP contribution in [0.15, 0.2) is 0 Å². The molecule has 1 nitrogen and oxygen atoms in total. The van der Waals surface area contributed by atoms with Crippen LogP contribution < -0.4 is 0 Å². The number of unbranched alkanes of at least 4 members (excludes halogenated alkanes) is 1. The molecule has 0 N–H and O–H groups in total. The van der Waals surface area contributed by atoms with Crippen LogP contribution in [0.25, 0.3) is 0 Å². The van der Waals surface area contributed by atoms with Crippen LogP contribution >= 0.6 is 12.2 Å². The normalized spacial score (nSPS) is 8.44. The fraction of sp³-hybridized carbons (Fsp3) is 0.714. The number of nitriles is 1. The summed E-state index contributed by atoms with van der Waals surface area (Å²) in [6.07, 6.45) is 3.68. The summed E-state index contributed by atoms with van der Waals surface area (Å²) in [5, 5.41) is 8.20. The molecule has 0 amide bonds. The molecule has 2 heteroatoms. The van der Waals surface area contributed by atoms with Gasteiger partial charge in [-0.15, -0.1) is 0 Å². The molecule has 0 aromatic heterocycles. The molecule has 0 saturated carbocycles. The zero-order valence-electron chi connectivity index (χ0n) is 5.68. The van der Waals surface area contributed by atoms with E-state index in [4.69, 9.17) is 17.5 Å². The average Bonchev–Trinajstić information content (AvgIpc) is 1.85. The molecule has 50 valence electrons. The van der Waals surface area contributed by atoms with Crippen molar-refractivity contribution >= 4 is 17.1 Å². The third-order valence-electron chi connectivity index (χ3n) is 1.09. The van der Waals surface area contributed by atoms with Crippen LogP contribution in [0.1, 0.15) is 32.6 Å². The molecule has 0 aromatic rings. The molecule has 9 heavy (non-hydrogen) atoms. The molecule has 0 fully saturated rings. The standard InChI is InChI=1S/C7H11NS/c1-2-3-4-7(9)5-6-8/h2-5H2,1H3. The van der Waals surface area contributed by atoms with Crippen molar-refractivity contribution < 1.29 is 0 Å². The Hall–Kier alpha value is -0.420. The van der Waals surface area contributed by atoms with Crippen LogP contribution in [0.3, 0.4) is 0 Å². The Morgan fingerprint density at radius 2 is 2.33 bits per heavy atom. The molecule has 0 rings (SSSR count). The van der Waals surface area contributed by atoms with Gasteiger partial charge in [0.15, 0.2) is 0 Å². The summed E-state index contributed by atoms with van der Waals surface area (Å²) in [6, 6.07) is 2.04. The van der Waals surface area contributed by atoms with Crippen LogP contribution in [0.2, 0.25) is 0 Å². The first kappa shape index (κ1) is 8.58. The average molecular weight is 141 g/mol. The van der Waals surface area contributed by atoms with Crippen LogP contribution in [-0.4, -0.2) is 4.86 Å². The molecule has 0 aliphatic carbocycles. The Labute approximate surface area is 61.7 Å². The molecule has 0 saturated heterocycles. The zero-order chi connectivity index (χ0) is 7.11. The first-order chi connectivity index (χ1) is 4.31. The molecule has 0 aromatic carbocycles. The van der Waals surface area contributed by atoms with E-state index in [2.05, 4.69) is 6.92 Å². The van der Waals surface area contributed by atoms with Crippen molar-refractivity contribution in [3.8, 4) is 6.07 Å². The molecular weight excluding hydrogens is 130 g/mol. The number of rotatable bonds is 4. The predicted octanol–water partition coefficient (Wildman–Crippen LogP) is 2.46. The Bertz CT molecular complexity index is 123. The van der Waals surface area contributed by atoms with Gasteiger partial charge in [0.2, 0.25) is 0 Å². The van der Waals surface area contributed by atoms with Gasteiger partial charge < -0.3 is 0 Å². The lowest BCUT2D eigenvalue weighted by atomic mass is 10.2. The van der Waals surface area contributed by atoms with E-state index in [-0.39, 0.29) is 0 Å². The summed E-state index contributed by atoms with van der Waals surface area (Å²) < 4.78 is 0. The largest absolute Gasteiger partial charge is 0.198 e. The van der Waals surface area contributed by atoms with E-state index in [1.54, 1.807) is 0 Å². The van der Waals surface area contributed by atoms with Crippen molar-refractivity contribution in [2.45, 2.75) is 32.6 Å². The second-order valence-corrected chi connectivity index (χ2v) is 2.55. The summed E-state index contributed by atoms with van der Waals surface area (Å²) in [7, 11) is 0. The lowest BCUT2D eigenvalue weighted by Gasteiger charge is -1.93. The lowest BCUT2D eigenvalue weighted by Crippen LogP contribution is -1.90. The summed E-state index contributed by atoms with van der Waals surface area (Å²) in [5.41, 5.74) is 0. The highest BCUT2D eigenvalue weighted by atomic mass is 32.1. The molecule has 0 unspecified atom stereocenters. The van der Waals surface area contributed by atoms with Crippen molar-refractivity contribution in [1.82, 2.24) is 0 Å². The van der Waals surface area contributed by atoms with E-state index >= 15 is 0 Å². The second kappa shape index (κ2) is 5.71. The van der Waals surface area contributed by atoms with Gasteiger partial charge in [-0.2, -0.15) is 5.26 Å². The van der Waals surface area contributed by atoms with Crippen LogP contribution in [0, 0.1) is 11.3 Å². The van der Waals surface area contributed by atoms with Gasteiger partial charge in [0.05, 0.1) is 12.5 Å². The van der Waals surface area contributed by atoms with Gasteiger partial charge in [-0.1, -0.05) is 25.6 Å². The first-order valence-corrected chi connectivity index (χ1v) is 3.60. The van der Waals surface area contributed by atoms with Gasteiger partial charge in [-0.25, -0.2) is 0 Å². The van der Waals surface area contributed by atoms with E-state index in [1.165, 1.54) is 0 Å². The van der Waals surface area contributed by atoms with Crippen molar-refractivity contribution in [2.24, 2.45) is 0 Å². The van der Waals surface area contributed by atoms with Crippen LogP contribution in [-0.2, 0) is 0 Å². The summed E-state index contributed by atoms with van der Waals surface area (Å²) >= 11 is 4.90. The van der Waals surface area contributed by atoms with Crippen molar-refractivity contribution in [3.05, 3.63) is 0 Å². The molecule has 0 radical (unpaired) electrons. The predicted molar refractivity (Wildman–Crippen MR) is 42.4 cm³/mol. The van der Waals surface area contributed by atoms with Gasteiger partial charge in [-0.3, -0.25) is 0 Å². The van der Waals surface area contributed by atoms with E-state index in [1.807, 2.05) is 6.07 Å². The third kappa shape index (κ3) is 5.45. The molecular formula is C7H11NS. The maximum absolute atomic E-state index is 8.20. The van der Waals surface area contributed by atoms with E-state index in [0.29, 0.717) is 6.42 Å². The molecule has 0 aliphatic rings. The lowest BCUT2D eigenvalue weighted by molar-refractivity contribution is 0.836. The van der Waals surface area contributed by atoms with Gasteiger partial charge >= 0.3 is 0 Å². The molecule has 0 heterocycles. The monoisotopic (exact) mass is 141 g/mol. The van der Waals surface area contributed by atoms with Crippen LogP contribution in [0.4, 0.5) is 0 Å². The van der Waals surface area contributed by atoms with Crippen LogP contribution in [0.5, 0.6) is 0 Å². The quantitative estimate of drug-likeness (QED) is 0.561. The maximum atomic E-state index is 8.20. The maximum Gasteiger partial charge on any atom is 0.0675 e. The number of thiocarbonyl (C=S) groups is 1. The smallest absolute Gasteiger partial charge is 0.0675 e. The number of nitrogens with zero attached hydrogens (tertiary/aromatic N) is 1. The topological polar surface area (TPSA) is 23.8 Å². The van der Waals surface area contributed by atoms with E-state index in [0.717, 1.165) is 24.1 Å². The second-order valence-electron chi connectivity index (χ2n) is 1.98. The number of hydrogen-bond acceptors (Lipinski definition) is 2. The van der Waals surface area contributed by atoms with E-state index < -0.39 is 0 Å². The fourth-order valence-corrected chi connectivity index (χ4v) is 0.759. The van der Waals surface area contributed by atoms with Gasteiger partial charge in [0.1, 0.15) is 0 Å². The van der Waals surface area contributed by atoms with Crippen molar-refractivity contribution in [3.63, 3.8) is 0 Å². The first-order valence-electron chi connectivity index (χ1n) is 3.20. The fourth-order valence-electron chi connectivity index (χ4n) is 0.551. The minimum atomic E-state index is 0.454. The minimum Gasteiger partial charge on any atom is -0.198 e. The van der Waals surface area contributed by atoms with Gasteiger partial charge in [0.25, 0.3) is 0 Å². The summed E-state index contributed by atoms with van der Waals surface area (Å²) in [6.45, 7) is 2.12. The Kier molecular flexibility index (Phi) is 5.45. The van der Waals surface area contributed by atoms with E-state index in [9.17, 15) is 0 Å². The Morgan fingerprint density at radius 1 is 1.67 bits per heavy atom. The van der Waals surface area contributed by atoms with Gasteiger partial charge in [-0.05, 0) is 12.8 Å². The third-order valence-corrected chi connectivity index (χ3v) is 1.43. The minimum absolute atomic E-state index is 0.454. The molecule has 0 bridgehead atoms. The molecule has 0 spiro atoms.